The van der Waals surface area contributed by atoms with Crippen molar-refractivity contribution < 1.29 is 18.8 Å². The molecule has 31 heavy (non-hydrogen) atoms. The maximum atomic E-state index is 12.7. The maximum absolute atomic E-state index is 12.7. The molecule has 5 rings (SSSR count). The first-order chi connectivity index (χ1) is 15.1. The lowest BCUT2D eigenvalue weighted by Gasteiger charge is -2.18. The van der Waals surface area contributed by atoms with Crippen molar-refractivity contribution in [3.05, 3.63) is 74.9 Å². The van der Waals surface area contributed by atoms with E-state index in [0.717, 1.165) is 31.3 Å². The zero-order chi connectivity index (χ0) is 21.4. The Labute approximate surface area is 178 Å². The molecule has 0 amide bonds. The molecular formula is C25H24NO5+. The minimum atomic E-state index is -0.562. The van der Waals surface area contributed by atoms with Crippen LogP contribution < -0.4 is 16.2 Å². The van der Waals surface area contributed by atoms with E-state index in [4.69, 9.17) is 8.83 Å². The van der Waals surface area contributed by atoms with E-state index in [0.29, 0.717) is 39.8 Å². The number of hydrogen-bond donors (Lipinski definition) is 2. The molecule has 0 atom stereocenters. The number of phenolic OH excluding ortho intramolecular Hbond substituents is 1. The molecule has 3 heterocycles. The lowest BCUT2D eigenvalue weighted by atomic mass is 9.99. The molecule has 1 fully saturated rings. The molecule has 0 aliphatic carbocycles. The highest BCUT2D eigenvalue weighted by molar-refractivity contribution is 5.96. The van der Waals surface area contributed by atoms with Crippen LogP contribution in [0, 0.1) is 0 Å². The van der Waals surface area contributed by atoms with Crippen molar-refractivity contribution in [1.82, 2.24) is 0 Å². The smallest absolute Gasteiger partial charge is 0.344 e. The maximum Gasteiger partial charge on any atom is 0.344 e. The molecule has 6 nitrogen and oxygen atoms in total. The molecule has 2 aromatic carbocycles. The molecule has 1 aliphatic heterocycles. The number of hydrogen-bond acceptors (Lipinski definition) is 5. The van der Waals surface area contributed by atoms with Crippen molar-refractivity contribution in [2.75, 3.05) is 13.1 Å². The topological polar surface area (TPSA) is 85.1 Å². The van der Waals surface area contributed by atoms with E-state index in [1.165, 1.54) is 23.8 Å². The molecule has 0 saturated carbocycles. The van der Waals surface area contributed by atoms with Crippen LogP contribution in [-0.4, -0.2) is 18.2 Å². The predicted octanol–water partition coefficient (Wildman–Crippen LogP) is 3.23. The number of nitrogens with one attached hydrogen (secondary N) is 1. The Hall–Kier alpha value is -3.38. The third kappa shape index (κ3) is 3.75. The van der Waals surface area contributed by atoms with Crippen LogP contribution in [0.2, 0.25) is 0 Å². The molecule has 0 radical (unpaired) electrons. The van der Waals surface area contributed by atoms with E-state index < -0.39 is 11.3 Å². The van der Waals surface area contributed by atoms with E-state index in [9.17, 15) is 14.7 Å². The van der Waals surface area contributed by atoms with Gasteiger partial charge in [-0.05, 0) is 49.9 Å². The van der Waals surface area contributed by atoms with Crippen LogP contribution >= 0.6 is 0 Å². The van der Waals surface area contributed by atoms with E-state index >= 15 is 0 Å². The van der Waals surface area contributed by atoms with E-state index in [2.05, 4.69) is 0 Å². The lowest BCUT2D eigenvalue weighted by Crippen LogP contribution is -3.10. The molecule has 2 aromatic heterocycles. The highest BCUT2D eigenvalue weighted by Crippen LogP contribution is 2.32. The highest BCUT2D eigenvalue weighted by atomic mass is 16.4. The number of rotatable bonds is 3. The van der Waals surface area contributed by atoms with Crippen molar-refractivity contribution in [2.45, 2.75) is 32.2 Å². The average Bonchev–Trinajstić information content (AvgIpc) is 3.03. The molecule has 2 N–H and O–H groups in total. The molecule has 1 saturated heterocycles. The molecule has 4 aromatic rings. The summed E-state index contributed by atoms with van der Waals surface area (Å²) in [4.78, 5) is 26.6. The summed E-state index contributed by atoms with van der Waals surface area (Å²) in [7, 11) is 0. The summed E-state index contributed by atoms with van der Waals surface area (Å²) in [5, 5.41) is 12.0. The monoisotopic (exact) mass is 418 g/mol. The minimum absolute atomic E-state index is 0.107. The van der Waals surface area contributed by atoms with Gasteiger partial charge < -0.3 is 18.8 Å². The second-order valence-corrected chi connectivity index (χ2v) is 8.25. The van der Waals surface area contributed by atoms with Gasteiger partial charge in [0.1, 0.15) is 17.9 Å². The van der Waals surface area contributed by atoms with Crippen LogP contribution in [0.3, 0.4) is 0 Å². The largest absolute Gasteiger partial charge is 0.507 e. The van der Waals surface area contributed by atoms with Crippen LogP contribution in [0.5, 0.6) is 5.75 Å². The number of likely N-dealkylation sites (tertiary alicyclic amines) is 1. The normalized spacial score (nSPS) is 15.4. The second-order valence-electron chi connectivity index (χ2n) is 8.25. The van der Waals surface area contributed by atoms with Gasteiger partial charge in [-0.15, -0.1) is 0 Å². The first-order valence-electron chi connectivity index (χ1n) is 10.8. The van der Waals surface area contributed by atoms with Gasteiger partial charge in [0.15, 0.2) is 5.58 Å². The van der Waals surface area contributed by atoms with Crippen LogP contribution in [-0.2, 0) is 6.54 Å². The fraction of sp³-hybridized carbons (Fsp3) is 0.280. The first-order valence-corrected chi connectivity index (χ1v) is 10.8. The Balaban J connectivity index is 1.69. The third-order valence-corrected chi connectivity index (χ3v) is 6.16. The van der Waals surface area contributed by atoms with Crippen LogP contribution in [0.25, 0.3) is 33.1 Å². The molecule has 0 bridgehead atoms. The second kappa shape index (κ2) is 8.04. The van der Waals surface area contributed by atoms with Gasteiger partial charge in [0, 0.05) is 22.4 Å². The fourth-order valence-corrected chi connectivity index (χ4v) is 4.57. The van der Waals surface area contributed by atoms with Crippen molar-refractivity contribution in [3.8, 4) is 16.9 Å². The Morgan fingerprint density at radius 2 is 1.65 bits per heavy atom. The predicted molar refractivity (Wildman–Crippen MR) is 118 cm³/mol. The van der Waals surface area contributed by atoms with Crippen molar-refractivity contribution in [1.29, 1.82) is 0 Å². The van der Waals surface area contributed by atoms with E-state index in [1.807, 2.05) is 12.1 Å². The number of fused-ring (bicyclic) bond motifs is 2. The third-order valence-electron chi connectivity index (χ3n) is 6.16. The van der Waals surface area contributed by atoms with Gasteiger partial charge >= 0.3 is 11.3 Å². The summed E-state index contributed by atoms with van der Waals surface area (Å²) in [6.07, 6.45) is 4.74. The molecule has 158 valence electrons. The highest BCUT2D eigenvalue weighted by Gasteiger charge is 2.21. The number of aromatic hydroxyl groups is 1. The summed E-state index contributed by atoms with van der Waals surface area (Å²) in [5.74, 6) is 0.107. The van der Waals surface area contributed by atoms with Gasteiger partial charge in [-0.25, -0.2) is 9.59 Å². The Kier molecular flexibility index (Phi) is 5.08. The van der Waals surface area contributed by atoms with Gasteiger partial charge in [0.25, 0.3) is 0 Å². The first kappa shape index (κ1) is 19.6. The number of phenols is 1. The van der Waals surface area contributed by atoms with Crippen LogP contribution in [0.4, 0.5) is 0 Å². The summed E-state index contributed by atoms with van der Waals surface area (Å²) in [6, 6.07) is 13.6. The van der Waals surface area contributed by atoms with Crippen LogP contribution in [0.15, 0.2) is 67.0 Å². The SMILES string of the molecule is O=c1cc(-c2cc3ccccc3oc2=O)c2ccc(O)c(C[NH+]3CCCCCC3)c2o1. The number of benzene rings is 2. The molecular weight excluding hydrogens is 394 g/mol. The summed E-state index contributed by atoms with van der Waals surface area (Å²) in [5.41, 5.74) is 1.12. The van der Waals surface area contributed by atoms with E-state index in [-0.39, 0.29) is 5.75 Å². The minimum Gasteiger partial charge on any atom is -0.507 e. The lowest BCUT2D eigenvalue weighted by molar-refractivity contribution is -0.913. The number of para-hydroxylation sites is 1. The van der Waals surface area contributed by atoms with Gasteiger partial charge in [-0.3, -0.25) is 0 Å². The van der Waals surface area contributed by atoms with Gasteiger partial charge in [0.2, 0.25) is 0 Å². The van der Waals surface area contributed by atoms with Crippen molar-refractivity contribution in [2.24, 2.45) is 0 Å². The van der Waals surface area contributed by atoms with Gasteiger partial charge in [0.05, 0.1) is 24.2 Å². The average molecular weight is 418 g/mol. The number of quaternary nitrogens is 1. The zero-order valence-corrected chi connectivity index (χ0v) is 17.1. The molecule has 0 unspecified atom stereocenters. The summed E-state index contributed by atoms with van der Waals surface area (Å²) in [6.45, 7) is 2.62. The molecule has 1 aliphatic rings. The van der Waals surface area contributed by atoms with Gasteiger partial charge in [-0.2, -0.15) is 0 Å². The fourth-order valence-electron chi connectivity index (χ4n) is 4.57. The molecule has 6 heteroatoms. The standard InChI is InChI=1S/C25H23NO5/c27-21-10-9-17-18(19-13-16-7-3-4-8-22(16)30-25(19)29)14-23(28)31-24(17)20(21)15-26-11-5-1-2-6-12-26/h3-4,7-10,13-14,27H,1-2,5-6,11-12,15H2/p+1. The Morgan fingerprint density at radius 3 is 2.45 bits per heavy atom. The molecule has 0 spiro atoms. The summed E-state index contributed by atoms with van der Waals surface area (Å²) >= 11 is 0. The summed E-state index contributed by atoms with van der Waals surface area (Å²) < 4.78 is 11.1. The van der Waals surface area contributed by atoms with Crippen LogP contribution in [0.1, 0.15) is 31.2 Å². The van der Waals surface area contributed by atoms with Crippen molar-refractivity contribution >= 4 is 21.9 Å². The zero-order valence-electron chi connectivity index (χ0n) is 17.1. The Bertz CT molecular complexity index is 1380. The quantitative estimate of drug-likeness (QED) is 0.499. The van der Waals surface area contributed by atoms with E-state index in [1.54, 1.807) is 30.3 Å². The Morgan fingerprint density at radius 1 is 0.871 bits per heavy atom. The van der Waals surface area contributed by atoms with Gasteiger partial charge in [-0.1, -0.05) is 18.2 Å². The van der Waals surface area contributed by atoms with Crippen molar-refractivity contribution in [3.63, 3.8) is 0 Å².